The molecule has 1 fully saturated rings. The molecule has 1 heterocycles. The Labute approximate surface area is 121 Å². The molecule has 0 radical (unpaired) electrons. The Morgan fingerprint density at radius 1 is 1.47 bits per heavy atom. The van der Waals surface area contributed by atoms with Crippen molar-refractivity contribution < 1.29 is 13.2 Å². The van der Waals surface area contributed by atoms with Crippen LogP contribution in [0.3, 0.4) is 0 Å². The molecule has 0 spiro atoms. The minimum absolute atomic E-state index is 0.0252. The Morgan fingerprint density at radius 3 is 2.84 bits per heavy atom. The third-order valence-corrected chi connectivity index (χ3v) is 5.10. The summed E-state index contributed by atoms with van der Waals surface area (Å²) in [5, 5.41) is 2.73. The number of amides is 1. The molecule has 7 heteroatoms. The number of halogens is 1. The Kier molecular flexibility index (Phi) is 4.27. The highest BCUT2D eigenvalue weighted by Gasteiger charge is 2.24. The van der Waals surface area contributed by atoms with Crippen LogP contribution in [0.15, 0.2) is 27.6 Å². The molecular formula is C12H15BrN2O3S. The summed E-state index contributed by atoms with van der Waals surface area (Å²) in [5.74, 6) is -0.0252. The average molecular weight is 347 g/mol. The molecule has 104 valence electrons. The number of nitrogens with one attached hydrogen (secondary N) is 2. The maximum absolute atomic E-state index is 12.2. The molecule has 1 atom stereocenters. The van der Waals surface area contributed by atoms with Crippen LogP contribution >= 0.6 is 15.9 Å². The lowest BCUT2D eigenvalue weighted by Crippen LogP contribution is -2.38. The van der Waals surface area contributed by atoms with Crippen molar-refractivity contribution in [1.29, 1.82) is 0 Å². The molecule has 1 aromatic carbocycles. The summed E-state index contributed by atoms with van der Waals surface area (Å²) in [5.41, 5.74) is 0.686. The van der Waals surface area contributed by atoms with E-state index in [4.69, 9.17) is 0 Å². The van der Waals surface area contributed by atoms with Gasteiger partial charge in [0.25, 0.3) is 0 Å². The smallest absolute Gasteiger partial charge is 0.240 e. The van der Waals surface area contributed by atoms with Crippen molar-refractivity contribution in [2.45, 2.75) is 30.7 Å². The zero-order valence-corrected chi connectivity index (χ0v) is 12.8. The van der Waals surface area contributed by atoms with E-state index >= 15 is 0 Å². The average Bonchev–Trinajstić information content (AvgIpc) is 2.76. The zero-order valence-electron chi connectivity index (χ0n) is 10.4. The van der Waals surface area contributed by atoms with Crippen molar-refractivity contribution in [3.63, 3.8) is 0 Å². The second-order valence-corrected chi connectivity index (χ2v) is 7.22. The van der Waals surface area contributed by atoms with Crippen molar-refractivity contribution in [3.05, 3.63) is 28.2 Å². The standard InChI is InChI=1S/C12H15BrN2O3S/c1-8-2-3-9(13)6-11(8)19(17,18)14-7-10-4-5-12(16)15-10/h2-3,6,10,14H,4-5,7H2,1H3,(H,15,16). The van der Waals surface area contributed by atoms with Crippen LogP contribution in [0.2, 0.25) is 0 Å². The number of hydrogen-bond donors (Lipinski definition) is 2. The summed E-state index contributed by atoms with van der Waals surface area (Å²) in [7, 11) is -3.55. The largest absolute Gasteiger partial charge is 0.352 e. The van der Waals surface area contributed by atoms with E-state index in [2.05, 4.69) is 26.0 Å². The molecule has 1 amide bonds. The Bertz CT molecular complexity index is 601. The quantitative estimate of drug-likeness (QED) is 0.863. The lowest BCUT2D eigenvalue weighted by Gasteiger charge is -2.13. The topological polar surface area (TPSA) is 75.3 Å². The molecule has 19 heavy (non-hydrogen) atoms. The molecule has 0 aliphatic carbocycles. The van der Waals surface area contributed by atoms with Crippen LogP contribution in [0.25, 0.3) is 0 Å². The van der Waals surface area contributed by atoms with Crippen LogP contribution in [0.4, 0.5) is 0 Å². The fraction of sp³-hybridized carbons (Fsp3) is 0.417. The van der Waals surface area contributed by atoms with Gasteiger partial charge in [0.05, 0.1) is 4.90 Å². The van der Waals surface area contributed by atoms with Crippen LogP contribution in [0.1, 0.15) is 18.4 Å². The summed E-state index contributed by atoms with van der Waals surface area (Å²) in [6.45, 7) is 1.97. The maximum atomic E-state index is 12.2. The van der Waals surface area contributed by atoms with Crippen LogP contribution in [0, 0.1) is 6.92 Å². The van der Waals surface area contributed by atoms with E-state index in [1.807, 2.05) is 0 Å². The van der Waals surface area contributed by atoms with Gasteiger partial charge >= 0.3 is 0 Å². The van der Waals surface area contributed by atoms with Crippen molar-refractivity contribution in [1.82, 2.24) is 10.0 Å². The first kappa shape index (κ1) is 14.5. The highest BCUT2D eigenvalue weighted by molar-refractivity contribution is 9.10. The SMILES string of the molecule is Cc1ccc(Br)cc1S(=O)(=O)NCC1CCC(=O)N1. The fourth-order valence-corrected chi connectivity index (χ4v) is 3.84. The molecule has 5 nitrogen and oxygen atoms in total. The predicted molar refractivity (Wildman–Crippen MR) is 75.2 cm³/mol. The number of hydrogen-bond acceptors (Lipinski definition) is 3. The fourth-order valence-electron chi connectivity index (χ4n) is 1.98. The third kappa shape index (κ3) is 3.55. The van der Waals surface area contributed by atoms with Gasteiger partial charge in [0, 0.05) is 23.5 Å². The number of carbonyl (C=O) groups is 1. The number of sulfonamides is 1. The number of rotatable bonds is 4. The Hall–Kier alpha value is -0.920. The van der Waals surface area contributed by atoms with Crippen molar-refractivity contribution >= 4 is 31.9 Å². The van der Waals surface area contributed by atoms with E-state index in [0.717, 1.165) is 0 Å². The molecule has 2 rings (SSSR count). The lowest BCUT2D eigenvalue weighted by molar-refractivity contribution is -0.119. The van der Waals surface area contributed by atoms with Crippen molar-refractivity contribution in [2.24, 2.45) is 0 Å². The molecule has 1 aliphatic rings. The highest BCUT2D eigenvalue weighted by atomic mass is 79.9. The van der Waals surface area contributed by atoms with Crippen molar-refractivity contribution in [3.8, 4) is 0 Å². The van der Waals surface area contributed by atoms with Gasteiger partial charge in [-0.15, -0.1) is 0 Å². The second-order valence-electron chi connectivity index (χ2n) is 4.56. The van der Waals surface area contributed by atoms with Crippen LogP contribution < -0.4 is 10.0 Å². The van der Waals surface area contributed by atoms with Gasteiger partial charge in [-0.3, -0.25) is 4.79 Å². The van der Waals surface area contributed by atoms with Gasteiger partial charge in [-0.25, -0.2) is 13.1 Å². The van der Waals surface area contributed by atoms with Gasteiger partial charge in [-0.1, -0.05) is 22.0 Å². The third-order valence-electron chi connectivity index (χ3n) is 3.04. The maximum Gasteiger partial charge on any atom is 0.240 e. The van der Waals surface area contributed by atoms with E-state index < -0.39 is 10.0 Å². The predicted octanol–water partition coefficient (Wildman–Crippen LogP) is 1.31. The lowest BCUT2D eigenvalue weighted by atomic mass is 10.2. The summed E-state index contributed by atoms with van der Waals surface area (Å²) >= 11 is 3.26. The highest BCUT2D eigenvalue weighted by Crippen LogP contribution is 2.20. The molecule has 2 N–H and O–H groups in total. The molecule has 0 saturated carbocycles. The molecule has 1 unspecified atom stereocenters. The molecule has 0 aromatic heterocycles. The van der Waals surface area contributed by atoms with Gasteiger partial charge < -0.3 is 5.32 Å². The van der Waals surface area contributed by atoms with Gasteiger partial charge in [0.15, 0.2) is 0 Å². The first-order chi connectivity index (χ1) is 8.88. The van der Waals surface area contributed by atoms with Crippen LogP contribution in [-0.2, 0) is 14.8 Å². The summed E-state index contributed by atoms with van der Waals surface area (Å²) in [4.78, 5) is 11.3. The van der Waals surface area contributed by atoms with Gasteiger partial charge in [-0.05, 0) is 31.0 Å². The van der Waals surface area contributed by atoms with Gasteiger partial charge in [0.2, 0.25) is 15.9 Å². The monoisotopic (exact) mass is 346 g/mol. The first-order valence-electron chi connectivity index (χ1n) is 5.94. The molecule has 1 aliphatic heterocycles. The minimum Gasteiger partial charge on any atom is -0.352 e. The molecule has 1 aromatic rings. The Balaban J connectivity index is 2.10. The van der Waals surface area contributed by atoms with Gasteiger partial charge in [-0.2, -0.15) is 0 Å². The number of aryl methyl sites for hydroxylation is 1. The van der Waals surface area contributed by atoms with Crippen LogP contribution in [0.5, 0.6) is 0 Å². The normalized spacial score (nSPS) is 19.5. The number of benzene rings is 1. The molecular weight excluding hydrogens is 332 g/mol. The number of carbonyl (C=O) groups excluding carboxylic acids is 1. The summed E-state index contributed by atoms with van der Waals surface area (Å²) in [6.07, 6.45) is 1.13. The minimum atomic E-state index is -3.55. The Morgan fingerprint density at radius 2 is 2.21 bits per heavy atom. The van der Waals surface area contributed by atoms with Crippen molar-refractivity contribution in [2.75, 3.05) is 6.54 Å². The van der Waals surface area contributed by atoms with E-state index in [-0.39, 0.29) is 23.4 Å². The summed E-state index contributed by atoms with van der Waals surface area (Å²) in [6, 6.07) is 5.00. The van der Waals surface area contributed by atoms with E-state index in [1.54, 1.807) is 25.1 Å². The van der Waals surface area contributed by atoms with Crippen LogP contribution in [-0.4, -0.2) is 26.9 Å². The zero-order chi connectivity index (χ0) is 14.0. The molecule has 1 saturated heterocycles. The van der Waals surface area contributed by atoms with E-state index in [1.165, 1.54) is 0 Å². The first-order valence-corrected chi connectivity index (χ1v) is 8.21. The summed E-state index contributed by atoms with van der Waals surface area (Å²) < 4.78 is 27.7. The van der Waals surface area contributed by atoms with E-state index in [0.29, 0.717) is 22.9 Å². The second kappa shape index (κ2) is 5.60. The van der Waals surface area contributed by atoms with Gasteiger partial charge in [0.1, 0.15) is 0 Å². The van der Waals surface area contributed by atoms with E-state index in [9.17, 15) is 13.2 Å². The molecule has 0 bridgehead atoms.